The molecule has 1 aromatic heterocycles. The Balaban J connectivity index is 1.80. The summed E-state index contributed by atoms with van der Waals surface area (Å²) in [5.41, 5.74) is 4.06. The van der Waals surface area contributed by atoms with Crippen LogP contribution in [0.15, 0.2) is 51.1 Å². The van der Waals surface area contributed by atoms with Crippen molar-refractivity contribution in [3.63, 3.8) is 0 Å². The molecular formula is C19H23N3O3S2. The summed E-state index contributed by atoms with van der Waals surface area (Å²) in [6.07, 6.45) is 3.30. The second kappa shape index (κ2) is 8.22. The number of benzene rings is 1. The van der Waals surface area contributed by atoms with Crippen molar-refractivity contribution < 1.29 is 13.2 Å². The van der Waals surface area contributed by atoms with Gasteiger partial charge in [0.25, 0.3) is 15.9 Å². The Morgan fingerprint density at radius 1 is 1.11 bits per heavy atom. The normalized spacial score (nSPS) is 20.1. The summed E-state index contributed by atoms with van der Waals surface area (Å²) in [5, 5.41) is 6.04. The fraction of sp³-hybridized carbons (Fsp3) is 0.368. The first-order chi connectivity index (χ1) is 12.9. The second-order valence-corrected chi connectivity index (χ2v) is 9.65. The van der Waals surface area contributed by atoms with Crippen molar-refractivity contribution in [3.8, 4) is 0 Å². The fourth-order valence-electron chi connectivity index (χ4n) is 3.29. The van der Waals surface area contributed by atoms with E-state index >= 15 is 0 Å². The van der Waals surface area contributed by atoms with E-state index in [0.29, 0.717) is 11.8 Å². The van der Waals surface area contributed by atoms with E-state index < -0.39 is 15.9 Å². The van der Waals surface area contributed by atoms with Gasteiger partial charge in [0.15, 0.2) is 0 Å². The van der Waals surface area contributed by atoms with Crippen LogP contribution in [0.4, 0.5) is 5.69 Å². The fourth-order valence-corrected chi connectivity index (χ4v) is 5.36. The first-order valence-electron chi connectivity index (χ1n) is 8.91. The van der Waals surface area contributed by atoms with Gasteiger partial charge >= 0.3 is 0 Å². The van der Waals surface area contributed by atoms with Crippen molar-refractivity contribution >= 4 is 38.7 Å². The zero-order chi connectivity index (χ0) is 19.4. The van der Waals surface area contributed by atoms with Gasteiger partial charge in [-0.05, 0) is 48.3 Å². The van der Waals surface area contributed by atoms with Crippen molar-refractivity contribution in [2.45, 2.75) is 37.3 Å². The highest BCUT2D eigenvalue weighted by Crippen LogP contribution is 2.26. The van der Waals surface area contributed by atoms with Gasteiger partial charge in [-0.1, -0.05) is 38.5 Å². The maximum absolute atomic E-state index is 12.6. The number of nitrogens with zero attached hydrogens (tertiary/aromatic N) is 1. The summed E-state index contributed by atoms with van der Waals surface area (Å²) in [7, 11) is -3.73. The lowest BCUT2D eigenvalue weighted by atomic mass is 9.81. The number of para-hydroxylation sites is 1. The van der Waals surface area contributed by atoms with E-state index in [1.807, 2.05) is 0 Å². The maximum atomic E-state index is 12.6. The summed E-state index contributed by atoms with van der Waals surface area (Å²) < 4.78 is 27.6. The van der Waals surface area contributed by atoms with Gasteiger partial charge < -0.3 is 0 Å². The van der Waals surface area contributed by atoms with E-state index in [9.17, 15) is 13.2 Å². The molecule has 0 aliphatic heterocycles. The van der Waals surface area contributed by atoms with Gasteiger partial charge in [0.1, 0.15) is 4.21 Å². The Morgan fingerprint density at radius 2 is 1.81 bits per heavy atom. The molecule has 144 valence electrons. The average Bonchev–Trinajstić information content (AvgIpc) is 3.17. The number of thiophene rings is 1. The number of hydrogen-bond donors (Lipinski definition) is 2. The van der Waals surface area contributed by atoms with E-state index in [0.717, 1.165) is 29.9 Å². The van der Waals surface area contributed by atoms with Crippen LogP contribution in [0.2, 0.25) is 0 Å². The highest BCUT2D eigenvalue weighted by Gasteiger charge is 2.24. The Bertz CT molecular complexity index is 925. The van der Waals surface area contributed by atoms with Gasteiger partial charge in [0.2, 0.25) is 0 Å². The largest absolute Gasteiger partial charge is 0.278 e. The summed E-state index contributed by atoms with van der Waals surface area (Å²) in [4.78, 5) is 12.6. The smallest absolute Gasteiger partial charge is 0.273 e. The molecule has 1 aliphatic carbocycles. The standard InChI is InChI=1S/C19H23N3O3S2/c1-13-7-5-8-14(2)18(13)20-21-19(23)15-9-3-4-10-16(15)22-27(24,25)17-11-6-12-26-17/h3-4,6,9-14,22H,5,7-8H2,1-2H3,(H,21,23)/t13-,14-/m0/s1. The number of hydrazone groups is 1. The van der Waals surface area contributed by atoms with Gasteiger partial charge in [-0.2, -0.15) is 5.10 Å². The number of rotatable bonds is 5. The molecule has 0 spiro atoms. The minimum Gasteiger partial charge on any atom is -0.278 e. The van der Waals surface area contributed by atoms with Crippen molar-refractivity contribution in [2.24, 2.45) is 16.9 Å². The third-order valence-electron chi connectivity index (χ3n) is 4.75. The first kappa shape index (κ1) is 19.6. The number of amides is 1. The number of nitrogens with one attached hydrogen (secondary N) is 2. The van der Waals surface area contributed by atoms with Crippen LogP contribution in [0.5, 0.6) is 0 Å². The highest BCUT2D eigenvalue weighted by molar-refractivity contribution is 7.94. The lowest BCUT2D eigenvalue weighted by Crippen LogP contribution is -2.29. The van der Waals surface area contributed by atoms with Gasteiger partial charge in [0, 0.05) is 5.71 Å². The third kappa shape index (κ3) is 4.56. The first-order valence-corrected chi connectivity index (χ1v) is 11.3. The monoisotopic (exact) mass is 405 g/mol. The molecule has 1 heterocycles. The minimum atomic E-state index is -3.73. The third-order valence-corrected chi connectivity index (χ3v) is 7.51. The van der Waals surface area contributed by atoms with Crippen molar-refractivity contribution in [2.75, 3.05) is 4.72 Å². The van der Waals surface area contributed by atoms with E-state index in [1.54, 1.807) is 35.7 Å². The van der Waals surface area contributed by atoms with Crippen LogP contribution in [0.25, 0.3) is 0 Å². The Kier molecular flexibility index (Phi) is 5.96. The summed E-state index contributed by atoms with van der Waals surface area (Å²) in [5.74, 6) is 0.236. The molecule has 0 saturated heterocycles. The molecule has 1 aromatic carbocycles. The van der Waals surface area contributed by atoms with Crippen LogP contribution >= 0.6 is 11.3 Å². The van der Waals surface area contributed by atoms with Gasteiger partial charge in [-0.3, -0.25) is 9.52 Å². The molecule has 3 rings (SSSR count). The van der Waals surface area contributed by atoms with Crippen molar-refractivity contribution in [1.82, 2.24) is 5.43 Å². The molecule has 6 nitrogen and oxygen atoms in total. The molecule has 2 N–H and O–H groups in total. The molecule has 1 aliphatic rings. The predicted octanol–water partition coefficient (Wildman–Crippen LogP) is 4.09. The second-order valence-electron chi connectivity index (χ2n) is 6.79. The van der Waals surface area contributed by atoms with E-state index in [2.05, 4.69) is 29.1 Å². The van der Waals surface area contributed by atoms with Crippen LogP contribution in [0, 0.1) is 11.8 Å². The lowest BCUT2D eigenvalue weighted by Gasteiger charge is -2.26. The number of carbonyl (C=O) groups excluding carboxylic acids is 1. The molecule has 1 saturated carbocycles. The Labute approximate surface area is 163 Å². The quantitative estimate of drug-likeness (QED) is 0.735. The lowest BCUT2D eigenvalue weighted by molar-refractivity contribution is 0.0955. The van der Waals surface area contributed by atoms with Gasteiger partial charge in [-0.25, -0.2) is 13.8 Å². The molecule has 2 atom stereocenters. The minimum absolute atomic E-state index is 0.197. The van der Waals surface area contributed by atoms with Crippen LogP contribution in [0.3, 0.4) is 0 Å². The highest BCUT2D eigenvalue weighted by atomic mass is 32.2. The number of anilines is 1. The molecule has 0 radical (unpaired) electrons. The Morgan fingerprint density at radius 3 is 2.48 bits per heavy atom. The van der Waals surface area contributed by atoms with Crippen LogP contribution in [-0.4, -0.2) is 20.0 Å². The average molecular weight is 406 g/mol. The molecule has 0 bridgehead atoms. The SMILES string of the molecule is C[C@H]1CCC[C@H](C)C1=NNC(=O)c1ccccc1NS(=O)(=O)c1cccs1. The molecule has 27 heavy (non-hydrogen) atoms. The summed E-state index contributed by atoms with van der Waals surface area (Å²) >= 11 is 1.12. The number of carbonyl (C=O) groups is 1. The maximum Gasteiger partial charge on any atom is 0.273 e. The van der Waals surface area contributed by atoms with E-state index in [4.69, 9.17) is 0 Å². The summed E-state index contributed by atoms with van der Waals surface area (Å²) in [6.45, 7) is 4.23. The molecular weight excluding hydrogens is 382 g/mol. The molecule has 1 amide bonds. The molecule has 2 aromatic rings. The van der Waals surface area contributed by atoms with Gasteiger partial charge in [-0.15, -0.1) is 11.3 Å². The van der Waals surface area contributed by atoms with E-state index in [-0.39, 0.29) is 15.5 Å². The number of hydrogen-bond acceptors (Lipinski definition) is 5. The molecule has 8 heteroatoms. The summed E-state index contributed by atoms with van der Waals surface area (Å²) in [6, 6.07) is 9.71. The van der Waals surface area contributed by atoms with Crippen molar-refractivity contribution in [3.05, 3.63) is 47.3 Å². The molecule has 1 fully saturated rings. The number of sulfonamides is 1. The zero-order valence-electron chi connectivity index (χ0n) is 15.3. The van der Waals surface area contributed by atoms with Gasteiger partial charge in [0.05, 0.1) is 11.3 Å². The van der Waals surface area contributed by atoms with Crippen LogP contribution < -0.4 is 10.1 Å². The molecule has 0 unspecified atom stereocenters. The van der Waals surface area contributed by atoms with Crippen LogP contribution in [0.1, 0.15) is 43.5 Å². The Hall–Kier alpha value is -2.19. The van der Waals surface area contributed by atoms with E-state index in [1.165, 1.54) is 12.5 Å². The predicted molar refractivity (Wildman–Crippen MR) is 109 cm³/mol. The van der Waals surface area contributed by atoms with Crippen LogP contribution in [-0.2, 0) is 10.0 Å². The zero-order valence-corrected chi connectivity index (χ0v) is 16.9. The van der Waals surface area contributed by atoms with Crippen molar-refractivity contribution in [1.29, 1.82) is 0 Å². The topological polar surface area (TPSA) is 87.6 Å².